The molecule has 0 aliphatic carbocycles. The first-order chi connectivity index (χ1) is 22.0. The molecule has 0 saturated heterocycles. The molecule has 5 rings (SSSR count). The second-order valence-electron chi connectivity index (χ2n) is 10.6. The quantitative estimate of drug-likeness (QED) is 0.0822. The van der Waals surface area contributed by atoms with Gasteiger partial charge in [0, 0.05) is 47.3 Å². The molecule has 5 aromatic rings. The molecule has 3 nitrogen and oxygen atoms in total. The molecule has 4 aromatic carbocycles. The summed E-state index contributed by atoms with van der Waals surface area (Å²) in [6, 6.07) is 15.9. The van der Waals surface area contributed by atoms with E-state index in [4.69, 9.17) is 0 Å². The molecule has 46 heavy (non-hydrogen) atoms. The molecular formula is C36H27F7N2O. The van der Waals surface area contributed by atoms with Gasteiger partial charge in [-0.05, 0) is 53.3 Å². The van der Waals surface area contributed by atoms with Gasteiger partial charge in [0.25, 0.3) is 0 Å². The largest absolute Gasteiger partial charge is 0.429 e. The number of nitrogens with zero attached hydrogens (tertiary/aromatic N) is 2. The molecule has 0 fully saturated rings. The van der Waals surface area contributed by atoms with Crippen molar-refractivity contribution >= 4 is 6.08 Å². The van der Waals surface area contributed by atoms with Gasteiger partial charge in [-0.25, -0.2) is 31.9 Å². The number of hydrogen-bond donors (Lipinski definition) is 0. The Morgan fingerprint density at radius 2 is 1.28 bits per heavy atom. The van der Waals surface area contributed by atoms with E-state index in [1.54, 1.807) is 6.07 Å². The Hall–Kier alpha value is -4.99. The van der Waals surface area contributed by atoms with Crippen molar-refractivity contribution in [1.82, 2.24) is 9.97 Å². The summed E-state index contributed by atoms with van der Waals surface area (Å²) >= 11 is 0. The highest BCUT2D eigenvalue weighted by molar-refractivity contribution is 5.73. The van der Waals surface area contributed by atoms with Crippen LogP contribution in [0.1, 0.15) is 37.3 Å². The fourth-order valence-corrected chi connectivity index (χ4v) is 4.75. The molecule has 0 bridgehead atoms. The number of halogens is 7. The molecule has 0 aliphatic rings. The Balaban J connectivity index is 1.26. The zero-order valence-corrected chi connectivity index (χ0v) is 24.5. The van der Waals surface area contributed by atoms with Crippen LogP contribution in [0.5, 0.6) is 5.75 Å². The predicted octanol–water partition coefficient (Wildman–Crippen LogP) is 10.6. The average molecular weight is 637 g/mol. The van der Waals surface area contributed by atoms with Crippen molar-refractivity contribution < 1.29 is 35.5 Å². The number of aromatic nitrogens is 2. The van der Waals surface area contributed by atoms with Crippen LogP contribution < -0.4 is 4.74 Å². The fraction of sp³-hybridized carbons (Fsp3) is 0.167. The van der Waals surface area contributed by atoms with Gasteiger partial charge in [0.1, 0.15) is 17.4 Å². The summed E-state index contributed by atoms with van der Waals surface area (Å²) in [5.74, 6) is -7.18. The molecule has 0 spiro atoms. The maximum atomic E-state index is 15.2. The Kier molecular flexibility index (Phi) is 9.84. The maximum absolute atomic E-state index is 15.2. The molecule has 0 radical (unpaired) electrons. The van der Waals surface area contributed by atoms with Gasteiger partial charge in [0.05, 0.1) is 0 Å². The first-order valence-corrected chi connectivity index (χ1v) is 14.4. The lowest BCUT2D eigenvalue weighted by Gasteiger charge is -2.14. The number of ether oxygens (including phenoxy) is 1. The first kappa shape index (κ1) is 32.4. The molecule has 236 valence electrons. The second kappa shape index (κ2) is 14.0. The Morgan fingerprint density at radius 1 is 0.674 bits per heavy atom. The molecule has 10 heteroatoms. The molecule has 0 saturated carbocycles. The van der Waals surface area contributed by atoms with Gasteiger partial charge in [0.2, 0.25) is 0 Å². The minimum Gasteiger partial charge on any atom is -0.429 e. The van der Waals surface area contributed by atoms with Crippen LogP contribution in [0.3, 0.4) is 0 Å². The highest BCUT2D eigenvalue weighted by atomic mass is 19.3. The molecular weight excluding hydrogens is 609 g/mol. The summed E-state index contributed by atoms with van der Waals surface area (Å²) < 4.78 is 102. The van der Waals surface area contributed by atoms with E-state index in [1.807, 2.05) is 36.7 Å². The molecule has 0 N–H and O–H groups in total. The number of unbranched alkanes of at least 4 members (excludes halogenated alkanes) is 2. The van der Waals surface area contributed by atoms with Crippen molar-refractivity contribution in [3.63, 3.8) is 0 Å². The SMILES string of the molecule is CCCCCc1cnc(-c2ccc(-c3ccc(-c4ccc(/C=C/C(F)(F)Oc5cc(F)c(F)c(F)c5)c(F)c4)c(F)c3)cc2)nc1. The Morgan fingerprint density at radius 3 is 1.91 bits per heavy atom. The number of rotatable bonds is 11. The standard InChI is InChI=1S/C36H27F7N2O/c1-2-3-4-5-22-20-44-35(45-21-22)25-9-6-23(7-10-25)26-12-13-29(31(38)16-26)27-11-8-24(30(37)17-27)14-15-36(42,43)46-28-18-32(39)34(41)33(40)19-28/h6-21H,2-5H2,1H3/b15-14+. The monoisotopic (exact) mass is 636 g/mol. The maximum Gasteiger partial charge on any atom is 0.419 e. The summed E-state index contributed by atoms with van der Waals surface area (Å²) in [4.78, 5) is 8.93. The Bertz CT molecular complexity index is 1830. The van der Waals surface area contributed by atoms with E-state index in [0.29, 0.717) is 17.5 Å². The minimum atomic E-state index is -4.12. The summed E-state index contributed by atoms with van der Waals surface area (Å²) in [6.07, 6.45) is 4.74. The molecule has 0 unspecified atom stereocenters. The van der Waals surface area contributed by atoms with Gasteiger partial charge in [-0.3, -0.25) is 0 Å². The van der Waals surface area contributed by atoms with E-state index in [9.17, 15) is 26.3 Å². The van der Waals surface area contributed by atoms with Crippen molar-refractivity contribution in [2.24, 2.45) is 0 Å². The second-order valence-corrected chi connectivity index (χ2v) is 10.6. The zero-order valence-electron chi connectivity index (χ0n) is 24.5. The average Bonchev–Trinajstić information content (AvgIpc) is 3.03. The van der Waals surface area contributed by atoms with Crippen molar-refractivity contribution in [3.05, 3.63) is 131 Å². The fourth-order valence-electron chi connectivity index (χ4n) is 4.75. The van der Waals surface area contributed by atoms with Gasteiger partial charge in [-0.1, -0.05) is 68.3 Å². The number of hydrogen-bond acceptors (Lipinski definition) is 3. The zero-order chi connectivity index (χ0) is 32.8. The minimum absolute atomic E-state index is 0.0938. The molecule has 1 heterocycles. The molecule has 0 aliphatic heterocycles. The van der Waals surface area contributed by atoms with E-state index < -0.39 is 40.9 Å². The van der Waals surface area contributed by atoms with Crippen LogP contribution in [-0.4, -0.2) is 16.1 Å². The van der Waals surface area contributed by atoms with Crippen LogP contribution in [0.4, 0.5) is 30.7 Å². The third kappa shape index (κ3) is 7.80. The lowest BCUT2D eigenvalue weighted by Crippen LogP contribution is -2.21. The van der Waals surface area contributed by atoms with Gasteiger partial charge < -0.3 is 4.74 Å². The van der Waals surface area contributed by atoms with Crippen LogP contribution in [-0.2, 0) is 6.42 Å². The van der Waals surface area contributed by atoms with Crippen LogP contribution in [0.15, 0.2) is 91.3 Å². The van der Waals surface area contributed by atoms with Gasteiger partial charge >= 0.3 is 6.11 Å². The lowest BCUT2D eigenvalue weighted by molar-refractivity contribution is -0.131. The normalized spacial score (nSPS) is 11.7. The van der Waals surface area contributed by atoms with E-state index in [-0.39, 0.29) is 34.9 Å². The number of aryl methyl sites for hydroxylation is 1. The van der Waals surface area contributed by atoms with Crippen LogP contribution in [0.2, 0.25) is 0 Å². The Labute approximate surface area is 261 Å². The van der Waals surface area contributed by atoms with Gasteiger partial charge in [-0.15, -0.1) is 0 Å². The summed E-state index contributed by atoms with van der Waals surface area (Å²) in [7, 11) is 0. The third-order valence-corrected chi connectivity index (χ3v) is 7.20. The molecule has 1 aromatic heterocycles. The van der Waals surface area contributed by atoms with E-state index in [0.717, 1.165) is 48.4 Å². The van der Waals surface area contributed by atoms with Crippen molar-refractivity contribution in [1.29, 1.82) is 0 Å². The van der Waals surface area contributed by atoms with E-state index >= 15 is 4.39 Å². The summed E-state index contributed by atoms with van der Waals surface area (Å²) in [5.41, 5.74) is 3.21. The summed E-state index contributed by atoms with van der Waals surface area (Å²) in [6.45, 7) is 2.15. The van der Waals surface area contributed by atoms with E-state index in [2.05, 4.69) is 21.6 Å². The van der Waals surface area contributed by atoms with Gasteiger partial charge in [-0.2, -0.15) is 8.78 Å². The van der Waals surface area contributed by atoms with Crippen molar-refractivity contribution in [2.75, 3.05) is 0 Å². The lowest BCUT2D eigenvalue weighted by atomic mass is 9.98. The predicted molar refractivity (Wildman–Crippen MR) is 162 cm³/mol. The van der Waals surface area contributed by atoms with Crippen LogP contribution in [0, 0.1) is 29.1 Å². The smallest absolute Gasteiger partial charge is 0.419 e. The topological polar surface area (TPSA) is 35.0 Å². The van der Waals surface area contributed by atoms with Crippen molar-refractivity contribution in [2.45, 2.75) is 38.7 Å². The highest BCUT2D eigenvalue weighted by Crippen LogP contribution is 2.31. The number of alkyl halides is 2. The summed E-state index contributed by atoms with van der Waals surface area (Å²) in [5, 5.41) is 0. The van der Waals surface area contributed by atoms with Crippen LogP contribution in [0.25, 0.3) is 39.7 Å². The third-order valence-electron chi connectivity index (χ3n) is 7.20. The first-order valence-electron chi connectivity index (χ1n) is 14.4. The molecule has 0 atom stereocenters. The van der Waals surface area contributed by atoms with Gasteiger partial charge in [0.15, 0.2) is 23.3 Å². The van der Waals surface area contributed by atoms with Crippen LogP contribution >= 0.6 is 0 Å². The molecule has 0 amide bonds. The van der Waals surface area contributed by atoms with Crippen molar-refractivity contribution in [3.8, 4) is 39.4 Å². The highest BCUT2D eigenvalue weighted by Gasteiger charge is 2.29. The number of benzene rings is 4. The van der Waals surface area contributed by atoms with E-state index in [1.165, 1.54) is 24.3 Å².